The molecule has 0 radical (unpaired) electrons. The van der Waals surface area contributed by atoms with Crippen molar-refractivity contribution in [3.8, 4) is 11.3 Å². The average Bonchev–Trinajstić information content (AvgIpc) is 3.20. The maximum atomic E-state index is 11.7. The van der Waals surface area contributed by atoms with E-state index < -0.39 is 0 Å². The summed E-state index contributed by atoms with van der Waals surface area (Å²) in [6, 6.07) is 11.8. The van der Waals surface area contributed by atoms with Gasteiger partial charge in [0.2, 0.25) is 0 Å². The number of likely N-dealkylation sites (tertiary alicyclic amines) is 1. The SMILES string of the molecule is CCNC(=NCc1cc(-c2ccccc2)on1)N1CCC(C(=O)OC)CC1. The largest absolute Gasteiger partial charge is 0.469 e. The summed E-state index contributed by atoms with van der Waals surface area (Å²) in [5, 5.41) is 7.45. The van der Waals surface area contributed by atoms with Gasteiger partial charge in [-0.05, 0) is 19.8 Å². The van der Waals surface area contributed by atoms with Gasteiger partial charge in [0.1, 0.15) is 5.69 Å². The maximum absolute atomic E-state index is 11.7. The number of carbonyl (C=O) groups excluding carboxylic acids is 1. The van der Waals surface area contributed by atoms with Gasteiger partial charge in [0.25, 0.3) is 0 Å². The number of aromatic nitrogens is 1. The van der Waals surface area contributed by atoms with Crippen LogP contribution < -0.4 is 5.32 Å². The Hall–Kier alpha value is -2.83. The van der Waals surface area contributed by atoms with Gasteiger partial charge >= 0.3 is 5.97 Å². The third-order valence-electron chi connectivity index (χ3n) is 4.67. The molecule has 0 atom stereocenters. The number of methoxy groups -OCH3 is 1. The summed E-state index contributed by atoms with van der Waals surface area (Å²) in [6.07, 6.45) is 1.55. The molecule has 1 aliphatic heterocycles. The highest BCUT2D eigenvalue weighted by Gasteiger charge is 2.27. The first kappa shape index (κ1) is 18.9. The zero-order chi connectivity index (χ0) is 19.1. The summed E-state index contributed by atoms with van der Waals surface area (Å²) in [4.78, 5) is 18.6. The fourth-order valence-corrected chi connectivity index (χ4v) is 3.20. The number of hydrogen-bond donors (Lipinski definition) is 1. The van der Waals surface area contributed by atoms with Crippen molar-refractivity contribution in [1.82, 2.24) is 15.4 Å². The summed E-state index contributed by atoms with van der Waals surface area (Å²) >= 11 is 0. The molecule has 1 saturated heterocycles. The van der Waals surface area contributed by atoms with Gasteiger partial charge in [-0.2, -0.15) is 0 Å². The van der Waals surface area contributed by atoms with Gasteiger partial charge in [0, 0.05) is 31.3 Å². The molecule has 0 bridgehead atoms. The van der Waals surface area contributed by atoms with E-state index in [4.69, 9.17) is 14.3 Å². The molecule has 144 valence electrons. The van der Waals surface area contributed by atoms with Crippen LogP contribution in [0.25, 0.3) is 11.3 Å². The van der Waals surface area contributed by atoms with Crippen LogP contribution in [0.1, 0.15) is 25.5 Å². The number of aliphatic imine (C=N–C) groups is 1. The zero-order valence-corrected chi connectivity index (χ0v) is 15.9. The Kier molecular flexibility index (Phi) is 6.46. The quantitative estimate of drug-likeness (QED) is 0.495. The molecule has 1 fully saturated rings. The smallest absolute Gasteiger partial charge is 0.308 e. The number of nitrogens with zero attached hydrogens (tertiary/aromatic N) is 3. The van der Waals surface area contributed by atoms with Crippen molar-refractivity contribution in [3.05, 3.63) is 42.1 Å². The lowest BCUT2D eigenvalue weighted by molar-refractivity contribution is -0.146. The van der Waals surface area contributed by atoms with Gasteiger partial charge in [-0.1, -0.05) is 35.5 Å². The van der Waals surface area contributed by atoms with Gasteiger partial charge in [-0.15, -0.1) is 0 Å². The maximum Gasteiger partial charge on any atom is 0.308 e. The van der Waals surface area contributed by atoms with Gasteiger partial charge in [0.15, 0.2) is 11.7 Å². The first-order valence-corrected chi connectivity index (χ1v) is 9.33. The lowest BCUT2D eigenvalue weighted by Gasteiger charge is -2.33. The molecule has 1 aliphatic rings. The molecule has 0 aliphatic carbocycles. The second-order valence-corrected chi connectivity index (χ2v) is 6.50. The molecule has 27 heavy (non-hydrogen) atoms. The Morgan fingerprint density at radius 2 is 2.07 bits per heavy atom. The summed E-state index contributed by atoms with van der Waals surface area (Å²) < 4.78 is 10.3. The van der Waals surface area contributed by atoms with Crippen LogP contribution in [0.15, 0.2) is 45.9 Å². The normalized spacial score (nSPS) is 15.6. The second-order valence-electron chi connectivity index (χ2n) is 6.50. The predicted octanol–water partition coefficient (Wildman–Crippen LogP) is 2.69. The van der Waals surface area contributed by atoms with Crippen molar-refractivity contribution in [3.63, 3.8) is 0 Å². The minimum absolute atomic E-state index is 0.0157. The van der Waals surface area contributed by atoms with E-state index in [0.717, 1.165) is 55.5 Å². The Morgan fingerprint density at radius 1 is 1.33 bits per heavy atom. The van der Waals surface area contributed by atoms with Crippen LogP contribution in [0.5, 0.6) is 0 Å². The van der Waals surface area contributed by atoms with Gasteiger partial charge in [0.05, 0.1) is 19.6 Å². The van der Waals surface area contributed by atoms with Crippen LogP contribution in [0.4, 0.5) is 0 Å². The van der Waals surface area contributed by atoms with E-state index in [9.17, 15) is 4.79 Å². The Balaban J connectivity index is 1.63. The van der Waals surface area contributed by atoms with Gasteiger partial charge in [-0.25, -0.2) is 4.99 Å². The van der Waals surface area contributed by atoms with E-state index in [1.807, 2.05) is 43.3 Å². The Morgan fingerprint density at radius 3 is 2.74 bits per heavy atom. The molecular weight excluding hydrogens is 344 g/mol. The van der Waals surface area contributed by atoms with Crippen LogP contribution in [-0.2, 0) is 16.1 Å². The van der Waals surface area contributed by atoms with Crippen LogP contribution in [0, 0.1) is 5.92 Å². The monoisotopic (exact) mass is 370 g/mol. The van der Waals surface area contributed by atoms with Gasteiger partial charge in [-0.3, -0.25) is 4.79 Å². The number of carbonyl (C=O) groups is 1. The molecule has 7 heteroatoms. The van der Waals surface area contributed by atoms with Crippen molar-refractivity contribution in [2.24, 2.45) is 10.9 Å². The van der Waals surface area contributed by atoms with E-state index in [0.29, 0.717) is 6.54 Å². The average molecular weight is 370 g/mol. The van der Waals surface area contributed by atoms with E-state index >= 15 is 0 Å². The molecule has 0 spiro atoms. The summed E-state index contributed by atoms with van der Waals surface area (Å²) in [6.45, 7) is 4.82. The van der Waals surface area contributed by atoms with E-state index in [1.165, 1.54) is 7.11 Å². The second kappa shape index (κ2) is 9.21. The fraction of sp³-hybridized carbons (Fsp3) is 0.450. The third kappa shape index (κ3) is 4.87. The van der Waals surface area contributed by atoms with E-state index in [-0.39, 0.29) is 11.9 Å². The summed E-state index contributed by atoms with van der Waals surface area (Å²) in [5.74, 6) is 1.44. The number of guanidine groups is 1. The zero-order valence-electron chi connectivity index (χ0n) is 15.9. The van der Waals surface area contributed by atoms with Crippen molar-refractivity contribution >= 4 is 11.9 Å². The summed E-state index contributed by atoms with van der Waals surface area (Å²) in [5.41, 5.74) is 1.78. The van der Waals surface area contributed by atoms with Crippen LogP contribution in [0.2, 0.25) is 0 Å². The minimum Gasteiger partial charge on any atom is -0.469 e. The lowest BCUT2D eigenvalue weighted by Crippen LogP contribution is -2.46. The first-order chi connectivity index (χ1) is 13.2. The number of ether oxygens (including phenoxy) is 1. The number of nitrogens with one attached hydrogen (secondary N) is 1. The van der Waals surface area contributed by atoms with Crippen LogP contribution >= 0.6 is 0 Å². The highest BCUT2D eigenvalue weighted by atomic mass is 16.5. The third-order valence-corrected chi connectivity index (χ3v) is 4.67. The summed E-state index contributed by atoms with van der Waals surface area (Å²) in [7, 11) is 1.45. The number of rotatable bonds is 5. The Bertz CT molecular complexity index is 765. The molecule has 7 nitrogen and oxygen atoms in total. The lowest BCUT2D eigenvalue weighted by atomic mass is 9.97. The minimum atomic E-state index is -0.118. The molecule has 0 amide bonds. The topological polar surface area (TPSA) is 80.0 Å². The first-order valence-electron chi connectivity index (χ1n) is 9.33. The molecule has 1 N–H and O–H groups in total. The molecule has 0 saturated carbocycles. The molecule has 2 heterocycles. The molecular formula is C20H26N4O3. The molecule has 0 unspecified atom stereocenters. The highest BCUT2D eigenvalue weighted by molar-refractivity contribution is 5.80. The molecule has 1 aromatic carbocycles. The fourth-order valence-electron chi connectivity index (χ4n) is 3.20. The van der Waals surface area contributed by atoms with E-state index in [2.05, 4.69) is 15.4 Å². The number of benzene rings is 1. The van der Waals surface area contributed by atoms with Crippen LogP contribution in [-0.4, -0.2) is 48.7 Å². The van der Waals surface area contributed by atoms with Crippen molar-refractivity contribution in [2.45, 2.75) is 26.3 Å². The van der Waals surface area contributed by atoms with Crippen molar-refractivity contribution in [1.29, 1.82) is 0 Å². The molecule has 1 aromatic heterocycles. The molecule has 3 rings (SSSR count). The Labute approximate surface area is 159 Å². The standard InChI is InChI=1S/C20H26N4O3/c1-3-21-20(24-11-9-16(10-12-24)19(25)26-2)22-14-17-13-18(27-23-17)15-7-5-4-6-8-15/h4-8,13,16H,3,9-12,14H2,1-2H3,(H,21,22). The van der Waals surface area contributed by atoms with Crippen LogP contribution in [0.3, 0.4) is 0 Å². The highest BCUT2D eigenvalue weighted by Crippen LogP contribution is 2.21. The number of hydrogen-bond acceptors (Lipinski definition) is 5. The molecule has 2 aromatic rings. The predicted molar refractivity (Wildman–Crippen MR) is 103 cm³/mol. The van der Waals surface area contributed by atoms with Crippen molar-refractivity contribution < 1.29 is 14.1 Å². The number of esters is 1. The van der Waals surface area contributed by atoms with Gasteiger partial charge < -0.3 is 19.5 Å². The van der Waals surface area contributed by atoms with E-state index in [1.54, 1.807) is 0 Å². The number of piperidine rings is 1. The van der Waals surface area contributed by atoms with Crippen molar-refractivity contribution in [2.75, 3.05) is 26.7 Å².